The third-order valence-electron chi connectivity index (χ3n) is 2.96. The largest absolute Gasteiger partial charge is 0.462 e. The number of carbonyl (C=O) groups is 1. The number of para-hydroxylation sites is 1. The molecule has 0 amide bonds. The van der Waals surface area contributed by atoms with Gasteiger partial charge in [-0.25, -0.2) is 9.78 Å². The number of nitrogens with zero attached hydrogens (tertiary/aromatic N) is 1. The number of hydrogen-bond donors (Lipinski definition) is 2. The van der Waals surface area contributed by atoms with Gasteiger partial charge in [0.1, 0.15) is 0 Å². The number of rotatable bonds is 5. The molecule has 2 rings (SSSR count). The SMILES string of the molecule is CCOC(=O)c1cccc(Nc2nc(C(C)C)cs2)c1N. The van der Waals surface area contributed by atoms with Crippen molar-refractivity contribution in [3.63, 3.8) is 0 Å². The minimum Gasteiger partial charge on any atom is -0.462 e. The number of nitrogens with two attached hydrogens (primary N) is 1. The van der Waals surface area contributed by atoms with E-state index >= 15 is 0 Å². The Balaban J connectivity index is 2.23. The second-order valence-electron chi connectivity index (χ2n) is 4.84. The quantitative estimate of drug-likeness (QED) is 0.649. The van der Waals surface area contributed by atoms with Crippen molar-refractivity contribution >= 4 is 33.8 Å². The molecule has 0 saturated carbocycles. The Hall–Kier alpha value is -2.08. The Kier molecular flexibility index (Phi) is 4.80. The summed E-state index contributed by atoms with van der Waals surface area (Å²) in [5, 5.41) is 5.93. The zero-order valence-corrected chi connectivity index (χ0v) is 13.2. The van der Waals surface area contributed by atoms with Crippen LogP contribution < -0.4 is 11.1 Å². The van der Waals surface area contributed by atoms with Gasteiger partial charge in [0, 0.05) is 5.38 Å². The van der Waals surface area contributed by atoms with Crippen LogP contribution in [-0.2, 0) is 4.74 Å². The summed E-state index contributed by atoms with van der Waals surface area (Å²) in [7, 11) is 0. The van der Waals surface area contributed by atoms with Gasteiger partial charge in [-0.05, 0) is 25.0 Å². The van der Waals surface area contributed by atoms with Gasteiger partial charge < -0.3 is 15.8 Å². The molecule has 6 heteroatoms. The fourth-order valence-corrected chi connectivity index (χ4v) is 2.67. The highest BCUT2D eigenvalue weighted by Crippen LogP contribution is 2.29. The van der Waals surface area contributed by atoms with Crippen molar-refractivity contribution < 1.29 is 9.53 Å². The Morgan fingerprint density at radius 1 is 1.48 bits per heavy atom. The predicted octanol–water partition coefficient (Wildman–Crippen LogP) is 3.77. The molecule has 0 aliphatic carbocycles. The number of carbonyl (C=O) groups excluding carboxylic acids is 1. The van der Waals surface area contributed by atoms with Crippen LogP contribution in [0, 0.1) is 0 Å². The van der Waals surface area contributed by atoms with Gasteiger partial charge in [-0.15, -0.1) is 11.3 Å². The highest BCUT2D eigenvalue weighted by atomic mass is 32.1. The first-order chi connectivity index (χ1) is 10.0. The maximum Gasteiger partial charge on any atom is 0.340 e. The summed E-state index contributed by atoms with van der Waals surface area (Å²) >= 11 is 1.51. The lowest BCUT2D eigenvalue weighted by Crippen LogP contribution is -2.09. The number of ether oxygens (including phenoxy) is 1. The standard InChI is InChI=1S/C15H19N3O2S/c1-4-20-14(19)10-6-5-7-11(13(10)16)17-15-18-12(8-21-15)9(2)3/h5-9H,4,16H2,1-3H3,(H,17,18). The van der Waals surface area contributed by atoms with E-state index in [-0.39, 0.29) is 0 Å². The van der Waals surface area contributed by atoms with E-state index in [0.717, 1.165) is 10.8 Å². The minimum absolute atomic E-state index is 0.320. The number of hydrogen-bond acceptors (Lipinski definition) is 6. The molecule has 0 aliphatic rings. The van der Waals surface area contributed by atoms with Crippen LogP contribution in [0.15, 0.2) is 23.6 Å². The molecule has 0 spiro atoms. The fraction of sp³-hybridized carbons (Fsp3) is 0.333. The van der Waals surface area contributed by atoms with E-state index in [0.29, 0.717) is 29.5 Å². The van der Waals surface area contributed by atoms with Crippen molar-refractivity contribution in [2.24, 2.45) is 0 Å². The molecule has 1 aromatic heterocycles. The van der Waals surface area contributed by atoms with Gasteiger partial charge in [-0.1, -0.05) is 19.9 Å². The summed E-state index contributed by atoms with van der Waals surface area (Å²) in [5.41, 5.74) is 8.47. The predicted molar refractivity (Wildman–Crippen MR) is 86.3 cm³/mol. The molecule has 0 atom stereocenters. The molecule has 0 saturated heterocycles. The minimum atomic E-state index is -0.416. The topological polar surface area (TPSA) is 77.2 Å². The maximum atomic E-state index is 11.8. The second-order valence-corrected chi connectivity index (χ2v) is 5.70. The molecule has 1 aromatic carbocycles. The smallest absolute Gasteiger partial charge is 0.340 e. The van der Waals surface area contributed by atoms with E-state index in [1.165, 1.54) is 11.3 Å². The molecule has 1 heterocycles. The molecule has 2 aromatic rings. The van der Waals surface area contributed by atoms with E-state index in [1.54, 1.807) is 19.1 Å². The molecule has 0 unspecified atom stereocenters. The fourth-order valence-electron chi connectivity index (χ4n) is 1.78. The van der Waals surface area contributed by atoms with Crippen LogP contribution in [0.25, 0.3) is 0 Å². The molecule has 0 fully saturated rings. The summed E-state index contributed by atoms with van der Waals surface area (Å²) in [6.07, 6.45) is 0. The van der Waals surface area contributed by atoms with E-state index in [9.17, 15) is 4.79 Å². The molecule has 3 N–H and O–H groups in total. The first-order valence-corrected chi connectivity index (χ1v) is 7.69. The van der Waals surface area contributed by atoms with Crippen LogP contribution in [0.2, 0.25) is 0 Å². The van der Waals surface area contributed by atoms with Crippen LogP contribution >= 0.6 is 11.3 Å². The second kappa shape index (κ2) is 6.58. The monoisotopic (exact) mass is 305 g/mol. The molecule has 0 bridgehead atoms. The summed E-state index contributed by atoms with van der Waals surface area (Å²) in [6, 6.07) is 5.23. The summed E-state index contributed by atoms with van der Waals surface area (Å²) in [5.74, 6) is -0.0410. The van der Waals surface area contributed by atoms with Crippen molar-refractivity contribution in [2.45, 2.75) is 26.7 Å². The van der Waals surface area contributed by atoms with Gasteiger partial charge in [0.2, 0.25) is 0 Å². The summed E-state index contributed by atoms with van der Waals surface area (Å²) in [4.78, 5) is 16.3. The zero-order valence-electron chi connectivity index (χ0n) is 12.3. The Labute approximate surface area is 128 Å². The normalized spacial score (nSPS) is 10.7. The number of thiazole rings is 1. The van der Waals surface area contributed by atoms with Crippen molar-refractivity contribution in [2.75, 3.05) is 17.7 Å². The lowest BCUT2D eigenvalue weighted by atomic mass is 10.1. The van der Waals surface area contributed by atoms with Gasteiger partial charge in [0.25, 0.3) is 0 Å². The van der Waals surface area contributed by atoms with E-state index in [1.807, 2.05) is 11.4 Å². The summed E-state index contributed by atoms with van der Waals surface area (Å²) < 4.78 is 4.99. The molecule has 0 aliphatic heterocycles. The van der Waals surface area contributed by atoms with Gasteiger partial charge in [-0.3, -0.25) is 0 Å². The van der Waals surface area contributed by atoms with Crippen LogP contribution in [0.5, 0.6) is 0 Å². The van der Waals surface area contributed by atoms with Crippen molar-refractivity contribution in [1.29, 1.82) is 0 Å². The number of esters is 1. The number of nitrogen functional groups attached to an aromatic ring is 1. The third kappa shape index (κ3) is 3.52. The van der Waals surface area contributed by atoms with Crippen LogP contribution in [0.3, 0.4) is 0 Å². The first kappa shape index (κ1) is 15.3. The van der Waals surface area contributed by atoms with Crippen molar-refractivity contribution in [3.8, 4) is 0 Å². The zero-order chi connectivity index (χ0) is 15.4. The van der Waals surface area contributed by atoms with Gasteiger partial charge >= 0.3 is 5.97 Å². The molecule has 112 valence electrons. The Morgan fingerprint density at radius 3 is 2.86 bits per heavy atom. The highest BCUT2D eigenvalue weighted by Gasteiger charge is 2.14. The maximum absolute atomic E-state index is 11.8. The van der Waals surface area contributed by atoms with Crippen LogP contribution in [0.4, 0.5) is 16.5 Å². The lowest BCUT2D eigenvalue weighted by molar-refractivity contribution is 0.0527. The van der Waals surface area contributed by atoms with E-state index in [4.69, 9.17) is 10.5 Å². The molecular weight excluding hydrogens is 286 g/mol. The number of anilines is 3. The van der Waals surface area contributed by atoms with Crippen LogP contribution in [-0.4, -0.2) is 17.6 Å². The lowest BCUT2D eigenvalue weighted by Gasteiger charge is -2.10. The van der Waals surface area contributed by atoms with Crippen molar-refractivity contribution in [3.05, 3.63) is 34.8 Å². The number of benzene rings is 1. The molecule has 21 heavy (non-hydrogen) atoms. The van der Waals surface area contributed by atoms with E-state index < -0.39 is 5.97 Å². The third-order valence-corrected chi connectivity index (χ3v) is 3.73. The molecule has 0 radical (unpaired) electrons. The number of nitrogens with one attached hydrogen (secondary N) is 1. The molecule has 5 nitrogen and oxygen atoms in total. The summed E-state index contributed by atoms with van der Waals surface area (Å²) in [6.45, 7) is 6.27. The first-order valence-electron chi connectivity index (χ1n) is 6.81. The van der Waals surface area contributed by atoms with Crippen LogP contribution in [0.1, 0.15) is 42.7 Å². The average Bonchev–Trinajstić information content (AvgIpc) is 2.90. The van der Waals surface area contributed by atoms with Gasteiger partial charge in [-0.2, -0.15) is 0 Å². The highest BCUT2D eigenvalue weighted by molar-refractivity contribution is 7.13. The average molecular weight is 305 g/mol. The van der Waals surface area contributed by atoms with E-state index in [2.05, 4.69) is 24.1 Å². The van der Waals surface area contributed by atoms with Gasteiger partial charge in [0.05, 0.1) is 29.2 Å². The number of aromatic nitrogens is 1. The van der Waals surface area contributed by atoms with Crippen molar-refractivity contribution in [1.82, 2.24) is 4.98 Å². The Bertz CT molecular complexity index is 638. The van der Waals surface area contributed by atoms with Gasteiger partial charge in [0.15, 0.2) is 5.13 Å². The Morgan fingerprint density at radius 2 is 2.24 bits per heavy atom. The molecular formula is C15H19N3O2S.